The molecule has 3 rings (SSSR count). The van der Waals surface area contributed by atoms with E-state index in [2.05, 4.69) is 4.98 Å². The summed E-state index contributed by atoms with van der Waals surface area (Å²) in [7, 11) is 0. The van der Waals surface area contributed by atoms with Crippen molar-refractivity contribution in [2.24, 2.45) is 0 Å². The van der Waals surface area contributed by atoms with Gasteiger partial charge in [-0.2, -0.15) is 4.98 Å². The van der Waals surface area contributed by atoms with Gasteiger partial charge in [0, 0.05) is 6.20 Å². The van der Waals surface area contributed by atoms with Crippen molar-refractivity contribution in [1.82, 2.24) is 9.55 Å². The molecule has 10 nitrogen and oxygen atoms in total. The number of ether oxygens (including phenoxy) is 2. The molecule has 1 saturated heterocycles. The lowest BCUT2D eigenvalue weighted by molar-refractivity contribution is -0.0563. The number of aromatic nitrogens is 2. The van der Waals surface area contributed by atoms with Gasteiger partial charge in [-0.1, -0.05) is 18.2 Å². The summed E-state index contributed by atoms with van der Waals surface area (Å²) in [5.74, 6) is -0.771. The smallest absolute Gasteiger partial charge is 0.351 e. The van der Waals surface area contributed by atoms with Crippen molar-refractivity contribution < 1.29 is 29.7 Å². The molecular formula is C16H17N3O7. The summed E-state index contributed by atoms with van der Waals surface area (Å²) >= 11 is 0. The van der Waals surface area contributed by atoms with Gasteiger partial charge in [-0.3, -0.25) is 15.3 Å². The Hall–Kier alpha value is -2.79. The second-order valence-electron chi connectivity index (χ2n) is 5.59. The average Bonchev–Trinajstić information content (AvgIpc) is 2.98. The first-order valence-electron chi connectivity index (χ1n) is 7.75. The highest BCUT2D eigenvalue weighted by atomic mass is 16.6. The van der Waals surface area contributed by atoms with Gasteiger partial charge in [-0.25, -0.2) is 9.59 Å². The molecule has 1 fully saturated rings. The zero-order valence-electron chi connectivity index (χ0n) is 13.4. The number of benzene rings is 1. The summed E-state index contributed by atoms with van der Waals surface area (Å²) in [4.78, 5) is 27.8. The summed E-state index contributed by atoms with van der Waals surface area (Å²) in [5.41, 5.74) is 1.20. The molecule has 1 aromatic carbocycles. The van der Waals surface area contributed by atoms with E-state index in [1.807, 2.05) is 0 Å². The molecule has 0 bridgehead atoms. The highest BCUT2D eigenvalue weighted by Gasteiger charge is 2.47. The SMILES string of the molecule is O=C(O[C@H]1[C@@H](O)[C@H](n2ccc(NO)nc2=O)O[C@@H]1CO)c1ccccc1. The van der Waals surface area contributed by atoms with Gasteiger partial charge in [0.05, 0.1) is 12.2 Å². The summed E-state index contributed by atoms with van der Waals surface area (Å²) in [5, 5.41) is 28.7. The van der Waals surface area contributed by atoms with E-state index < -0.39 is 42.8 Å². The monoisotopic (exact) mass is 363 g/mol. The van der Waals surface area contributed by atoms with Gasteiger partial charge in [0.15, 0.2) is 18.1 Å². The van der Waals surface area contributed by atoms with Crippen molar-refractivity contribution in [3.05, 3.63) is 58.6 Å². The van der Waals surface area contributed by atoms with E-state index in [-0.39, 0.29) is 11.4 Å². The van der Waals surface area contributed by atoms with Crippen LogP contribution in [0.5, 0.6) is 0 Å². The normalized spacial score (nSPS) is 25.0. The van der Waals surface area contributed by atoms with Crippen LogP contribution >= 0.6 is 0 Å². The number of aliphatic hydroxyl groups is 2. The molecular weight excluding hydrogens is 346 g/mol. The Morgan fingerprint density at radius 2 is 2.04 bits per heavy atom. The minimum absolute atomic E-state index is 0.0792. The van der Waals surface area contributed by atoms with Gasteiger partial charge < -0.3 is 19.7 Å². The molecule has 0 saturated carbocycles. The fourth-order valence-electron chi connectivity index (χ4n) is 2.68. The molecule has 1 aromatic heterocycles. The number of esters is 1. The Balaban J connectivity index is 1.82. The number of aliphatic hydroxyl groups excluding tert-OH is 2. The van der Waals surface area contributed by atoms with Gasteiger partial charge in [0.1, 0.15) is 12.2 Å². The molecule has 0 amide bonds. The number of carbonyl (C=O) groups excluding carboxylic acids is 1. The lowest BCUT2D eigenvalue weighted by Crippen LogP contribution is -2.39. The fraction of sp³-hybridized carbons (Fsp3) is 0.312. The van der Waals surface area contributed by atoms with E-state index in [9.17, 15) is 19.8 Å². The third kappa shape index (κ3) is 3.44. The van der Waals surface area contributed by atoms with Crippen LogP contribution in [0, 0.1) is 0 Å². The lowest BCUT2D eigenvalue weighted by Gasteiger charge is -2.20. The van der Waals surface area contributed by atoms with Crippen LogP contribution in [0.15, 0.2) is 47.4 Å². The van der Waals surface area contributed by atoms with Crippen LogP contribution in [-0.4, -0.2) is 55.9 Å². The van der Waals surface area contributed by atoms with Crippen molar-refractivity contribution in [2.45, 2.75) is 24.5 Å². The molecule has 0 unspecified atom stereocenters. The van der Waals surface area contributed by atoms with Crippen molar-refractivity contribution in [3.63, 3.8) is 0 Å². The van der Waals surface area contributed by atoms with E-state index >= 15 is 0 Å². The zero-order valence-corrected chi connectivity index (χ0v) is 13.4. The molecule has 1 aliphatic heterocycles. The van der Waals surface area contributed by atoms with Crippen LogP contribution in [0.4, 0.5) is 5.82 Å². The maximum atomic E-state index is 12.2. The predicted octanol–water partition coefficient (Wildman–Crippen LogP) is -0.479. The first-order valence-corrected chi connectivity index (χ1v) is 7.75. The zero-order chi connectivity index (χ0) is 18.7. The highest BCUT2D eigenvalue weighted by Crippen LogP contribution is 2.31. The van der Waals surface area contributed by atoms with Crippen molar-refractivity contribution >= 4 is 11.8 Å². The summed E-state index contributed by atoms with van der Waals surface area (Å²) in [6, 6.07) is 9.44. The van der Waals surface area contributed by atoms with Crippen molar-refractivity contribution in [3.8, 4) is 0 Å². The van der Waals surface area contributed by atoms with Gasteiger partial charge in [-0.15, -0.1) is 0 Å². The van der Waals surface area contributed by atoms with Gasteiger partial charge in [0.2, 0.25) is 0 Å². The molecule has 0 radical (unpaired) electrons. The number of hydrogen-bond acceptors (Lipinski definition) is 9. The van der Waals surface area contributed by atoms with E-state index in [1.54, 1.807) is 35.8 Å². The largest absolute Gasteiger partial charge is 0.453 e. The second-order valence-corrected chi connectivity index (χ2v) is 5.59. The van der Waals surface area contributed by atoms with Crippen LogP contribution < -0.4 is 11.2 Å². The Morgan fingerprint density at radius 1 is 1.31 bits per heavy atom. The van der Waals surface area contributed by atoms with Crippen LogP contribution in [0.2, 0.25) is 0 Å². The van der Waals surface area contributed by atoms with E-state index in [0.717, 1.165) is 4.57 Å². The van der Waals surface area contributed by atoms with E-state index in [4.69, 9.17) is 14.7 Å². The Bertz CT molecular complexity index is 826. The topological polar surface area (TPSA) is 143 Å². The number of nitrogens with zero attached hydrogens (tertiary/aromatic N) is 2. The molecule has 2 heterocycles. The van der Waals surface area contributed by atoms with Crippen molar-refractivity contribution in [2.75, 3.05) is 12.1 Å². The number of carbonyl (C=O) groups is 1. The highest BCUT2D eigenvalue weighted by molar-refractivity contribution is 5.89. The number of rotatable bonds is 5. The summed E-state index contributed by atoms with van der Waals surface area (Å²) in [6.45, 7) is -0.529. The molecule has 4 atom stereocenters. The fourth-order valence-corrected chi connectivity index (χ4v) is 2.68. The maximum Gasteiger partial charge on any atom is 0.351 e. The summed E-state index contributed by atoms with van der Waals surface area (Å²) < 4.78 is 11.7. The summed E-state index contributed by atoms with van der Waals surface area (Å²) in [6.07, 6.45) is -3.58. The number of anilines is 1. The Labute approximate surface area is 147 Å². The second kappa shape index (κ2) is 7.62. The van der Waals surface area contributed by atoms with Gasteiger partial charge in [-0.05, 0) is 18.2 Å². The lowest BCUT2D eigenvalue weighted by atomic mass is 10.1. The third-order valence-corrected chi connectivity index (χ3v) is 3.96. The molecule has 0 spiro atoms. The van der Waals surface area contributed by atoms with Crippen LogP contribution in [0.25, 0.3) is 0 Å². The van der Waals surface area contributed by atoms with Crippen molar-refractivity contribution in [1.29, 1.82) is 0 Å². The third-order valence-electron chi connectivity index (χ3n) is 3.96. The maximum absolute atomic E-state index is 12.2. The van der Waals surface area contributed by atoms with Gasteiger partial charge in [0.25, 0.3) is 0 Å². The molecule has 10 heteroatoms. The molecule has 2 aromatic rings. The number of nitrogens with one attached hydrogen (secondary N) is 1. The molecule has 138 valence electrons. The van der Waals surface area contributed by atoms with Gasteiger partial charge >= 0.3 is 11.7 Å². The Morgan fingerprint density at radius 3 is 2.65 bits per heavy atom. The predicted molar refractivity (Wildman–Crippen MR) is 86.6 cm³/mol. The quantitative estimate of drug-likeness (QED) is 0.409. The number of hydrogen-bond donors (Lipinski definition) is 4. The minimum Gasteiger partial charge on any atom is -0.453 e. The molecule has 4 N–H and O–H groups in total. The average molecular weight is 363 g/mol. The van der Waals surface area contributed by atoms with Crippen LogP contribution in [0.3, 0.4) is 0 Å². The van der Waals surface area contributed by atoms with E-state index in [0.29, 0.717) is 0 Å². The van der Waals surface area contributed by atoms with Crippen LogP contribution in [-0.2, 0) is 9.47 Å². The molecule has 1 aliphatic rings. The van der Waals surface area contributed by atoms with E-state index in [1.165, 1.54) is 12.3 Å². The first kappa shape index (κ1) is 18.0. The first-order chi connectivity index (χ1) is 12.5. The molecule has 0 aliphatic carbocycles. The molecule has 26 heavy (non-hydrogen) atoms. The standard InChI is InChI=1S/C16H17N3O7/c20-8-10-13(26-15(22)9-4-2-1-3-5-9)12(21)14(25-10)19-7-6-11(18-24)17-16(19)23/h1-7,10,12-14,20-21,24H,8H2,(H,17,18,23)/t10-,12-,13-,14-/m1/s1. The minimum atomic E-state index is -1.41. The Kier molecular flexibility index (Phi) is 5.28. The van der Waals surface area contributed by atoms with Crippen LogP contribution in [0.1, 0.15) is 16.6 Å².